The molecular weight excluding hydrogens is 468 g/mol. The number of aliphatic hydroxyl groups excluding tert-OH is 1. The normalized spacial score (nSPS) is 44.4. The van der Waals surface area contributed by atoms with Crippen molar-refractivity contribution in [2.24, 2.45) is 29.1 Å². The number of nitrogens with one attached hydrogen (secondary N) is 2. The zero-order valence-electron chi connectivity index (χ0n) is 22.1. The number of benzene rings is 1. The molecule has 2 aliphatic heterocycles. The van der Waals surface area contributed by atoms with E-state index in [0.717, 1.165) is 22.9 Å². The van der Waals surface area contributed by atoms with Crippen molar-refractivity contribution in [1.29, 1.82) is 0 Å². The number of hydrogen-bond donors (Lipinski definition) is 3. The van der Waals surface area contributed by atoms with Crippen molar-refractivity contribution in [3.63, 3.8) is 0 Å². The summed E-state index contributed by atoms with van der Waals surface area (Å²) in [6.45, 7) is 6.36. The maximum atomic E-state index is 14.4. The molecule has 0 bridgehead atoms. The molecule has 0 unspecified atom stereocenters. The number of ketones is 1. The first-order valence-corrected chi connectivity index (χ1v) is 13.7. The van der Waals surface area contributed by atoms with Crippen molar-refractivity contribution in [2.75, 3.05) is 7.11 Å². The number of ether oxygens (including phenoxy) is 2. The Kier molecular flexibility index (Phi) is 5.90. The first-order chi connectivity index (χ1) is 17.7. The fourth-order valence-corrected chi connectivity index (χ4v) is 7.91. The standard InChI is InChI=1S/C30H38N2O5/c1-16-8-7-10-20-27-29(3,37-27)17(2)26-22(13-18-15-31-21-11-6-5-9-19(18)21)32-28(35)30(20,26)25(34)14-24(36-4)23(33)12-16/h5-7,9-11,15-17,20,22-24,26-27,31,33H,8,12-14H2,1-4H3,(H,32,35)/b10-7+/t16-,17+,20+,22-,23-,24-,26+,27-,29+,30+/m1/s1. The van der Waals surface area contributed by atoms with Crippen molar-refractivity contribution in [3.8, 4) is 0 Å². The fourth-order valence-electron chi connectivity index (χ4n) is 7.91. The van der Waals surface area contributed by atoms with Gasteiger partial charge < -0.3 is 24.9 Å². The summed E-state index contributed by atoms with van der Waals surface area (Å²) < 4.78 is 12.0. The van der Waals surface area contributed by atoms with E-state index in [2.05, 4.69) is 49.3 Å². The molecule has 37 heavy (non-hydrogen) atoms. The number of aromatic amines is 1. The molecule has 7 heteroatoms. The zero-order valence-corrected chi connectivity index (χ0v) is 22.1. The summed E-state index contributed by atoms with van der Waals surface area (Å²) >= 11 is 0. The Bertz CT molecular complexity index is 1250. The number of carbonyl (C=O) groups is 2. The maximum Gasteiger partial charge on any atom is 0.235 e. The second-order valence-corrected chi connectivity index (χ2v) is 12.0. The largest absolute Gasteiger partial charge is 0.390 e. The van der Waals surface area contributed by atoms with Gasteiger partial charge >= 0.3 is 0 Å². The molecule has 1 amide bonds. The average Bonchev–Trinajstić information content (AvgIpc) is 3.28. The fraction of sp³-hybridized carbons (Fsp3) is 0.600. The third kappa shape index (κ3) is 3.57. The molecule has 1 spiro atoms. The third-order valence-corrected chi connectivity index (χ3v) is 10.1. The minimum atomic E-state index is -1.25. The summed E-state index contributed by atoms with van der Waals surface area (Å²) in [5.74, 6) is -0.717. The molecule has 0 radical (unpaired) electrons. The van der Waals surface area contributed by atoms with Gasteiger partial charge in [0, 0.05) is 48.5 Å². The minimum Gasteiger partial charge on any atom is -0.390 e. The van der Waals surface area contributed by atoms with Gasteiger partial charge in [0.05, 0.1) is 23.9 Å². The number of aromatic nitrogens is 1. The summed E-state index contributed by atoms with van der Waals surface area (Å²) in [6, 6.07) is 7.95. The van der Waals surface area contributed by atoms with Crippen LogP contribution in [0, 0.1) is 29.1 Å². The molecule has 3 heterocycles. The number of aliphatic hydroxyl groups is 1. The molecule has 2 aliphatic carbocycles. The van der Waals surface area contributed by atoms with E-state index in [0.29, 0.717) is 12.8 Å². The predicted octanol–water partition coefficient (Wildman–Crippen LogP) is 3.56. The van der Waals surface area contributed by atoms with Gasteiger partial charge in [-0.15, -0.1) is 0 Å². The highest BCUT2D eigenvalue weighted by atomic mass is 16.6. The lowest BCUT2D eigenvalue weighted by atomic mass is 9.51. The Balaban J connectivity index is 1.46. The van der Waals surface area contributed by atoms with Crippen LogP contribution in [0.4, 0.5) is 0 Å². The Labute approximate surface area is 218 Å². The van der Waals surface area contributed by atoms with Crippen LogP contribution in [0.15, 0.2) is 42.6 Å². The molecule has 2 aromatic rings. The number of allylic oxidation sites excluding steroid dienone is 1. The summed E-state index contributed by atoms with van der Waals surface area (Å²) in [7, 11) is 1.54. The van der Waals surface area contributed by atoms with Gasteiger partial charge in [0.15, 0.2) is 5.78 Å². The van der Waals surface area contributed by atoms with E-state index in [1.165, 1.54) is 7.11 Å². The smallest absolute Gasteiger partial charge is 0.235 e. The van der Waals surface area contributed by atoms with Crippen molar-refractivity contribution in [1.82, 2.24) is 10.3 Å². The first kappa shape index (κ1) is 24.8. The van der Waals surface area contributed by atoms with E-state index in [9.17, 15) is 14.7 Å². The van der Waals surface area contributed by atoms with Gasteiger partial charge in [0.25, 0.3) is 0 Å². The Hall–Kier alpha value is -2.48. The van der Waals surface area contributed by atoms with Gasteiger partial charge in [0.1, 0.15) is 5.41 Å². The quantitative estimate of drug-likeness (QED) is 0.336. The van der Waals surface area contributed by atoms with Crippen molar-refractivity contribution in [3.05, 3.63) is 48.2 Å². The monoisotopic (exact) mass is 506 g/mol. The van der Waals surface area contributed by atoms with Crippen LogP contribution in [-0.4, -0.2) is 58.8 Å². The van der Waals surface area contributed by atoms with E-state index in [1.54, 1.807) is 0 Å². The molecule has 1 aromatic carbocycles. The predicted molar refractivity (Wildman–Crippen MR) is 140 cm³/mol. The van der Waals surface area contributed by atoms with Gasteiger partial charge in [-0.25, -0.2) is 0 Å². The summed E-state index contributed by atoms with van der Waals surface area (Å²) in [6.07, 6.45) is 6.54. The van der Waals surface area contributed by atoms with Crippen LogP contribution in [0.2, 0.25) is 0 Å². The van der Waals surface area contributed by atoms with Crippen LogP contribution < -0.4 is 5.32 Å². The van der Waals surface area contributed by atoms with Gasteiger partial charge in [-0.2, -0.15) is 0 Å². The molecule has 7 nitrogen and oxygen atoms in total. The molecule has 1 saturated carbocycles. The number of epoxide rings is 1. The number of para-hydroxylation sites is 1. The van der Waals surface area contributed by atoms with Gasteiger partial charge in [0.2, 0.25) is 5.91 Å². The number of Topliss-reactive ketones (excluding diaryl/α,β-unsaturated/α-hetero) is 1. The van der Waals surface area contributed by atoms with Crippen molar-refractivity contribution >= 4 is 22.6 Å². The molecule has 198 valence electrons. The minimum absolute atomic E-state index is 0.00442. The Morgan fingerprint density at radius 2 is 2.00 bits per heavy atom. The summed E-state index contributed by atoms with van der Waals surface area (Å²) in [4.78, 5) is 31.9. The highest BCUT2D eigenvalue weighted by Gasteiger charge is 2.78. The lowest BCUT2D eigenvalue weighted by Gasteiger charge is -2.46. The number of carbonyl (C=O) groups excluding carboxylic acids is 2. The van der Waals surface area contributed by atoms with Crippen LogP contribution in [0.25, 0.3) is 10.9 Å². The number of amides is 1. The Morgan fingerprint density at radius 3 is 2.78 bits per heavy atom. The lowest BCUT2D eigenvalue weighted by molar-refractivity contribution is -0.151. The topological polar surface area (TPSA) is 104 Å². The molecule has 10 atom stereocenters. The zero-order chi connectivity index (χ0) is 26.1. The van der Waals surface area contributed by atoms with Gasteiger partial charge in [-0.05, 0) is 49.7 Å². The van der Waals surface area contributed by atoms with Crippen molar-refractivity contribution in [2.45, 2.75) is 76.4 Å². The Morgan fingerprint density at radius 1 is 1.22 bits per heavy atom. The van der Waals surface area contributed by atoms with Crippen LogP contribution >= 0.6 is 0 Å². The highest BCUT2D eigenvalue weighted by molar-refractivity contribution is 6.09. The third-order valence-electron chi connectivity index (χ3n) is 10.1. The van der Waals surface area contributed by atoms with Crippen LogP contribution in [-0.2, 0) is 25.5 Å². The van der Waals surface area contributed by atoms with E-state index < -0.39 is 17.6 Å². The number of hydrogen-bond acceptors (Lipinski definition) is 5. The lowest BCUT2D eigenvalue weighted by Crippen LogP contribution is -2.59. The number of H-pyrrole nitrogens is 1. The summed E-state index contributed by atoms with van der Waals surface area (Å²) in [5.41, 5.74) is 0.561. The molecule has 1 aromatic heterocycles. The van der Waals surface area contributed by atoms with Crippen LogP contribution in [0.1, 0.15) is 45.6 Å². The molecule has 6 rings (SSSR count). The maximum absolute atomic E-state index is 14.4. The number of methoxy groups -OCH3 is 1. The average molecular weight is 507 g/mol. The molecule has 3 N–H and O–H groups in total. The number of rotatable bonds is 3. The number of fused-ring (bicyclic) bond motifs is 3. The van der Waals surface area contributed by atoms with Crippen LogP contribution in [0.5, 0.6) is 0 Å². The molecule has 2 saturated heterocycles. The van der Waals surface area contributed by atoms with Crippen LogP contribution in [0.3, 0.4) is 0 Å². The van der Waals surface area contributed by atoms with E-state index in [-0.39, 0.29) is 59.5 Å². The molecular formula is C30H38N2O5. The summed E-state index contributed by atoms with van der Waals surface area (Å²) in [5, 5.41) is 15.3. The van der Waals surface area contributed by atoms with Crippen molar-refractivity contribution < 1.29 is 24.2 Å². The molecule has 4 aliphatic rings. The van der Waals surface area contributed by atoms with E-state index in [1.807, 2.05) is 24.4 Å². The van der Waals surface area contributed by atoms with E-state index in [4.69, 9.17) is 9.47 Å². The second kappa shape index (κ2) is 8.79. The molecule has 3 fully saturated rings. The van der Waals surface area contributed by atoms with E-state index >= 15 is 0 Å². The van der Waals surface area contributed by atoms with Gasteiger partial charge in [-0.3, -0.25) is 9.59 Å². The SMILES string of the molecule is CO[C@@H]1CC(=O)[C@]23C(=O)N[C@H](Cc4c[nH]c5ccccc45)[C@@H]2[C@H](C)[C@]2(C)O[C@@H]2[C@@H]3/C=C/C[C@@H](C)C[C@H]1O. The first-order valence-electron chi connectivity index (χ1n) is 13.7. The highest BCUT2D eigenvalue weighted by Crippen LogP contribution is 2.66. The second-order valence-electron chi connectivity index (χ2n) is 12.0. The van der Waals surface area contributed by atoms with Gasteiger partial charge in [-0.1, -0.05) is 44.2 Å².